The zero-order valence-corrected chi connectivity index (χ0v) is 16.1. The van der Waals surface area contributed by atoms with Crippen LogP contribution in [0.3, 0.4) is 0 Å². The van der Waals surface area contributed by atoms with E-state index in [0.29, 0.717) is 12.0 Å². The van der Waals surface area contributed by atoms with Gasteiger partial charge in [-0.2, -0.15) is 0 Å². The Morgan fingerprint density at radius 3 is 2.88 bits per heavy atom. The summed E-state index contributed by atoms with van der Waals surface area (Å²) >= 11 is 0. The minimum Gasteiger partial charge on any atom is -0.493 e. The number of nitrogens with zero attached hydrogens (tertiary/aromatic N) is 2. The van der Waals surface area contributed by atoms with Crippen LogP contribution in [0.25, 0.3) is 0 Å². The lowest BCUT2D eigenvalue weighted by molar-refractivity contribution is 0.138. The largest absolute Gasteiger partial charge is 0.493 e. The van der Waals surface area contributed by atoms with Gasteiger partial charge in [0.1, 0.15) is 5.75 Å². The van der Waals surface area contributed by atoms with Crippen molar-refractivity contribution in [1.82, 2.24) is 9.88 Å². The minimum absolute atomic E-state index is 0.413. The van der Waals surface area contributed by atoms with Crippen LogP contribution in [0.15, 0.2) is 42.6 Å². The first-order valence-electron chi connectivity index (χ1n) is 9.62. The smallest absolute Gasteiger partial charge is 0.217 e. The highest BCUT2D eigenvalue weighted by Crippen LogP contribution is 2.34. The Hall–Kier alpha value is -2.07. The minimum atomic E-state index is 0.413. The summed E-state index contributed by atoms with van der Waals surface area (Å²) in [6.45, 7) is 7.06. The summed E-state index contributed by atoms with van der Waals surface area (Å²) in [5, 5.41) is 0. The third-order valence-corrected chi connectivity index (χ3v) is 4.86. The number of methoxy groups -OCH3 is 1. The van der Waals surface area contributed by atoms with Crippen LogP contribution in [0.5, 0.6) is 11.6 Å². The molecule has 0 saturated carbocycles. The van der Waals surface area contributed by atoms with Crippen molar-refractivity contribution >= 4 is 0 Å². The molecule has 0 spiro atoms. The van der Waals surface area contributed by atoms with E-state index in [1.54, 1.807) is 13.3 Å². The highest BCUT2D eigenvalue weighted by molar-refractivity contribution is 5.32. The maximum absolute atomic E-state index is 5.94. The van der Waals surface area contributed by atoms with E-state index in [2.05, 4.69) is 54.1 Å². The van der Waals surface area contributed by atoms with Crippen molar-refractivity contribution < 1.29 is 9.47 Å². The summed E-state index contributed by atoms with van der Waals surface area (Å²) in [6.07, 6.45) is 5.47. The van der Waals surface area contributed by atoms with Crippen LogP contribution < -0.4 is 9.47 Å². The third kappa shape index (κ3) is 4.76. The number of pyridine rings is 1. The van der Waals surface area contributed by atoms with Crippen LogP contribution in [0.4, 0.5) is 0 Å². The maximum Gasteiger partial charge on any atom is 0.217 e. The fraction of sp³-hybridized carbons (Fsp3) is 0.500. The van der Waals surface area contributed by atoms with E-state index in [1.165, 1.54) is 24.8 Å². The predicted octanol–water partition coefficient (Wildman–Crippen LogP) is 4.85. The molecule has 26 heavy (non-hydrogen) atoms. The quantitative estimate of drug-likeness (QED) is 0.712. The number of hydrogen-bond acceptors (Lipinski definition) is 4. The van der Waals surface area contributed by atoms with Crippen LogP contribution in [-0.2, 0) is 6.54 Å². The maximum atomic E-state index is 5.94. The van der Waals surface area contributed by atoms with Crippen molar-refractivity contribution in [2.24, 2.45) is 5.92 Å². The molecular formula is C22H30N2O2. The van der Waals surface area contributed by atoms with Crippen molar-refractivity contribution in [3.63, 3.8) is 0 Å². The molecule has 1 aliphatic heterocycles. The van der Waals surface area contributed by atoms with Gasteiger partial charge >= 0.3 is 0 Å². The van der Waals surface area contributed by atoms with Gasteiger partial charge in [-0.1, -0.05) is 38.5 Å². The van der Waals surface area contributed by atoms with Crippen molar-refractivity contribution in [2.75, 3.05) is 20.3 Å². The van der Waals surface area contributed by atoms with E-state index in [9.17, 15) is 0 Å². The molecule has 0 N–H and O–H groups in total. The van der Waals surface area contributed by atoms with Gasteiger partial charge in [-0.3, -0.25) is 4.90 Å². The van der Waals surface area contributed by atoms with Crippen molar-refractivity contribution in [3.8, 4) is 11.6 Å². The Kier molecular flexibility index (Phi) is 6.51. The lowest BCUT2D eigenvalue weighted by atomic mass is 9.94. The normalized spacial score (nSPS) is 18.1. The number of benzene rings is 1. The van der Waals surface area contributed by atoms with E-state index in [4.69, 9.17) is 9.47 Å². The molecule has 0 bridgehead atoms. The zero-order valence-electron chi connectivity index (χ0n) is 16.1. The first-order valence-corrected chi connectivity index (χ1v) is 9.62. The molecule has 1 aromatic heterocycles. The number of likely N-dealkylation sites (tertiary alicyclic amines) is 1. The topological polar surface area (TPSA) is 34.6 Å². The van der Waals surface area contributed by atoms with E-state index in [0.717, 1.165) is 36.9 Å². The molecule has 0 aliphatic carbocycles. The average Bonchev–Trinajstić information content (AvgIpc) is 2.67. The summed E-state index contributed by atoms with van der Waals surface area (Å²) in [5.74, 6) is 2.23. The molecule has 1 aromatic carbocycles. The first-order chi connectivity index (χ1) is 12.7. The SMILES string of the molecule is COc1ncccc1CN1CCCCC1c1cccc(OCC(C)C)c1. The van der Waals surface area contributed by atoms with Gasteiger partial charge in [-0.25, -0.2) is 4.98 Å². The second-order valence-electron chi connectivity index (χ2n) is 7.43. The molecule has 1 aliphatic rings. The lowest BCUT2D eigenvalue weighted by Gasteiger charge is -2.36. The van der Waals surface area contributed by atoms with E-state index in [-0.39, 0.29) is 0 Å². The van der Waals surface area contributed by atoms with E-state index in [1.807, 2.05) is 6.07 Å². The van der Waals surface area contributed by atoms with Gasteiger partial charge in [0.05, 0.1) is 13.7 Å². The van der Waals surface area contributed by atoms with Crippen molar-refractivity contribution in [3.05, 3.63) is 53.7 Å². The van der Waals surface area contributed by atoms with Gasteiger partial charge in [0.2, 0.25) is 5.88 Å². The highest BCUT2D eigenvalue weighted by atomic mass is 16.5. The van der Waals surface area contributed by atoms with Crippen molar-refractivity contribution in [1.29, 1.82) is 0 Å². The fourth-order valence-electron chi connectivity index (χ4n) is 3.58. The Morgan fingerprint density at radius 1 is 1.19 bits per heavy atom. The van der Waals surface area contributed by atoms with Crippen LogP contribution in [0, 0.1) is 5.92 Å². The molecule has 1 saturated heterocycles. The van der Waals surface area contributed by atoms with Crippen molar-refractivity contribution in [2.45, 2.75) is 45.7 Å². The van der Waals surface area contributed by atoms with Gasteiger partial charge in [-0.05, 0) is 49.1 Å². The molecule has 1 unspecified atom stereocenters. The molecule has 0 radical (unpaired) electrons. The molecule has 1 fully saturated rings. The highest BCUT2D eigenvalue weighted by Gasteiger charge is 2.25. The van der Waals surface area contributed by atoms with Gasteiger partial charge < -0.3 is 9.47 Å². The number of piperidine rings is 1. The van der Waals surface area contributed by atoms with Crippen LogP contribution in [0.1, 0.15) is 50.3 Å². The second-order valence-corrected chi connectivity index (χ2v) is 7.43. The van der Waals surface area contributed by atoms with Crippen LogP contribution in [0.2, 0.25) is 0 Å². The molecular weight excluding hydrogens is 324 g/mol. The Morgan fingerprint density at radius 2 is 2.08 bits per heavy atom. The molecule has 3 rings (SSSR count). The molecule has 4 nitrogen and oxygen atoms in total. The Balaban J connectivity index is 1.77. The molecule has 2 aromatic rings. The van der Waals surface area contributed by atoms with E-state index < -0.39 is 0 Å². The zero-order chi connectivity index (χ0) is 18.4. The number of rotatable bonds is 7. The van der Waals surface area contributed by atoms with E-state index >= 15 is 0 Å². The Labute approximate surface area is 157 Å². The predicted molar refractivity (Wildman–Crippen MR) is 105 cm³/mol. The monoisotopic (exact) mass is 354 g/mol. The molecule has 2 heterocycles. The number of hydrogen-bond donors (Lipinski definition) is 0. The fourth-order valence-corrected chi connectivity index (χ4v) is 3.58. The summed E-state index contributed by atoms with van der Waals surface area (Å²) in [4.78, 5) is 6.89. The molecule has 0 amide bonds. The van der Waals surface area contributed by atoms with Gasteiger partial charge in [0.25, 0.3) is 0 Å². The van der Waals surface area contributed by atoms with Crippen LogP contribution in [-0.4, -0.2) is 30.1 Å². The lowest BCUT2D eigenvalue weighted by Crippen LogP contribution is -2.33. The molecule has 4 heteroatoms. The van der Waals surface area contributed by atoms with Crippen LogP contribution >= 0.6 is 0 Å². The second kappa shape index (κ2) is 9.04. The summed E-state index contributed by atoms with van der Waals surface area (Å²) < 4.78 is 11.4. The summed E-state index contributed by atoms with van der Waals surface area (Å²) in [6, 6.07) is 13.1. The summed E-state index contributed by atoms with van der Waals surface area (Å²) in [5.41, 5.74) is 2.49. The molecule has 1 atom stereocenters. The standard InChI is InChI=1S/C22H30N2O2/c1-17(2)16-26-20-10-6-8-18(14-20)21-11-4-5-13-24(21)15-19-9-7-12-23-22(19)25-3/h6-10,12,14,17,21H,4-5,11,13,15-16H2,1-3H3. The van der Waals surface area contributed by atoms with Gasteiger partial charge in [0, 0.05) is 24.3 Å². The third-order valence-electron chi connectivity index (χ3n) is 4.86. The average molecular weight is 354 g/mol. The summed E-state index contributed by atoms with van der Waals surface area (Å²) in [7, 11) is 1.69. The Bertz CT molecular complexity index is 702. The number of ether oxygens (including phenoxy) is 2. The van der Waals surface area contributed by atoms with Gasteiger partial charge in [0.15, 0.2) is 0 Å². The number of aromatic nitrogens is 1. The molecule has 140 valence electrons. The van der Waals surface area contributed by atoms with Gasteiger partial charge in [-0.15, -0.1) is 0 Å². The first kappa shape index (κ1) is 18.7.